The molecule has 14 heavy (non-hydrogen) atoms. The molecule has 0 heterocycles. The maximum Gasteiger partial charge on any atom is 1.00 e. The average molecular weight is 219 g/mol. The van der Waals surface area contributed by atoms with E-state index in [4.69, 9.17) is 6.57 Å². The van der Waals surface area contributed by atoms with Crippen molar-refractivity contribution < 1.29 is 42.5 Å². The van der Waals surface area contributed by atoms with Gasteiger partial charge in [0.15, 0.2) is 5.69 Å². The number of benzene rings is 1. The summed E-state index contributed by atoms with van der Waals surface area (Å²) < 4.78 is 32.0. The first-order valence-electron chi connectivity index (χ1n) is 3.39. The molecular weight excluding hydrogens is 213 g/mol. The zero-order valence-electron chi connectivity index (χ0n) is 7.81. The topological polar surface area (TPSA) is 61.6 Å². The van der Waals surface area contributed by atoms with Crippen molar-refractivity contribution >= 4 is 15.8 Å². The molecule has 4 nitrogen and oxygen atoms in total. The van der Waals surface area contributed by atoms with Gasteiger partial charge < -0.3 is 4.55 Å². The average Bonchev–Trinajstić information content (AvgIpc) is 2.03. The van der Waals surface area contributed by atoms with E-state index in [0.717, 1.165) is 6.07 Å². The van der Waals surface area contributed by atoms with Crippen LogP contribution in [0.3, 0.4) is 0 Å². The first-order chi connectivity index (χ1) is 5.95. The van der Waals surface area contributed by atoms with Crippen molar-refractivity contribution in [2.24, 2.45) is 0 Å². The first-order valence-corrected chi connectivity index (χ1v) is 4.80. The number of rotatable bonds is 1. The van der Waals surface area contributed by atoms with Crippen molar-refractivity contribution in [3.05, 3.63) is 35.2 Å². The van der Waals surface area contributed by atoms with Gasteiger partial charge in [0, 0.05) is 4.90 Å². The molecule has 1 aromatic rings. The van der Waals surface area contributed by atoms with Crippen LogP contribution < -0.4 is 29.6 Å². The van der Waals surface area contributed by atoms with E-state index in [1.165, 1.54) is 19.1 Å². The summed E-state index contributed by atoms with van der Waals surface area (Å²) in [7, 11) is -4.46. The molecule has 0 atom stereocenters. The van der Waals surface area contributed by atoms with Crippen LogP contribution in [0.5, 0.6) is 0 Å². The molecule has 1 aromatic carbocycles. The van der Waals surface area contributed by atoms with Gasteiger partial charge in [0.05, 0.1) is 6.57 Å². The Balaban J connectivity index is 0.00000169. The Bertz CT molecular complexity index is 476. The number of nitrogens with zero attached hydrogens (tertiary/aromatic N) is 1. The predicted octanol–water partition coefficient (Wildman–Crippen LogP) is -1.55. The number of hydrogen-bond donors (Lipinski definition) is 0. The molecule has 1 rings (SSSR count). The molecule has 0 amide bonds. The molecule has 0 bridgehead atoms. The van der Waals surface area contributed by atoms with Crippen LogP contribution in [0.2, 0.25) is 0 Å². The monoisotopic (exact) mass is 219 g/mol. The molecule has 0 aromatic heterocycles. The van der Waals surface area contributed by atoms with E-state index < -0.39 is 10.1 Å². The molecule has 0 aliphatic heterocycles. The van der Waals surface area contributed by atoms with E-state index in [9.17, 15) is 13.0 Å². The minimum absolute atomic E-state index is 0. The minimum Gasteiger partial charge on any atom is -0.744 e. The fraction of sp³-hybridized carbons (Fsp3) is 0.125. The van der Waals surface area contributed by atoms with Gasteiger partial charge in [-0.1, -0.05) is 12.1 Å². The van der Waals surface area contributed by atoms with E-state index in [1.807, 2.05) is 0 Å². The molecule has 0 aliphatic carbocycles. The SMILES string of the molecule is [C-]#[N+]c1ccc(C)c(S(=O)(=O)[O-])c1.[Na+]. The van der Waals surface area contributed by atoms with Gasteiger partial charge in [-0.05, 0) is 18.6 Å². The van der Waals surface area contributed by atoms with Crippen molar-refractivity contribution in [3.8, 4) is 0 Å². The Morgan fingerprint density at radius 1 is 1.43 bits per heavy atom. The van der Waals surface area contributed by atoms with Crippen molar-refractivity contribution in [1.82, 2.24) is 0 Å². The van der Waals surface area contributed by atoms with E-state index in [-0.39, 0.29) is 40.1 Å². The molecule has 0 fully saturated rings. The van der Waals surface area contributed by atoms with Crippen LogP contribution in [-0.4, -0.2) is 13.0 Å². The Labute approximate surface area is 105 Å². The number of aryl methyl sites for hydroxylation is 1. The molecule has 0 spiro atoms. The molecule has 6 heteroatoms. The second-order valence-corrected chi connectivity index (χ2v) is 3.86. The molecule has 0 unspecified atom stereocenters. The smallest absolute Gasteiger partial charge is 0.744 e. The van der Waals surface area contributed by atoms with Gasteiger partial charge in [-0.25, -0.2) is 13.3 Å². The Hall–Kier alpha value is -0.380. The van der Waals surface area contributed by atoms with Crippen molar-refractivity contribution in [3.63, 3.8) is 0 Å². The van der Waals surface area contributed by atoms with Gasteiger partial charge in [-0.15, -0.1) is 0 Å². The zero-order valence-corrected chi connectivity index (χ0v) is 10.6. The van der Waals surface area contributed by atoms with E-state index in [1.54, 1.807) is 0 Å². The van der Waals surface area contributed by atoms with E-state index in [0.29, 0.717) is 5.56 Å². The third-order valence-corrected chi connectivity index (χ3v) is 2.55. The predicted molar refractivity (Wildman–Crippen MR) is 45.4 cm³/mol. The molecule has 0 saturated heterocycles. The maximum absolute atomic E-state index is 10.7. The van der Waals surface area contributed by atoms with Gasteiger partial charge in [-0.2, -0.15) is 0 Å². The van der Waals surface area contributed by atoms with Gasteiger partial charge in [0.2, 0.25) is 0 Å². The second-order valence-electron chi connectivity index (χ2n) is 2.52. The van der Waals surface area contributed by atoms with Crippen molar-refractivity contribution in [2.75, 3.05) is 0 Å². The second kappa shape index (κ2) is 4.91. The van der Waals surface area contributed by atoms with Crippen LogP contribution in [0.1, 0.15) is 5.56 Å². The third-order valence-electron chi connectivity index (χ3n) is 1.57. The summed E-state index contributed by atoms with van der Waals surface area (Å²) in [6.07, 6.45) is 0. The summed E-state index contributed by atoms with van der Waals surface area (Å²) in [5.41, 5.74) is 0.516. The quantitative estimate of drug-likeness (QED) is 0.326. The fourth-order valence-corrected chi connectivity index (χ4v) is 1.66. The van der Waals surface area contributed by atoms with E-state index in [2.05, 4.69) is 4.85 Å². The Kier molecular flexibility index (Phi) is 4.78. The molecule has 0 N–H and O–H groups in total. The molecular formula is C8H6NNaO3S. The van der Waals surface area contributed by atoms with Crippen LogP contribution in [0.4, 0.5) is 5.69 Å². The summed E-state index contributed by atoms with van der Waals surface area (Å²) in [5, 5.41) is 0. The van der Waals surface area contributed by atoms with Gasteiger partial charge in [-0.3, -0.25) is 0 Å². The Morgan fingerprint density at radius 2 is 2.00 bits per heavy atom. The summed E-state index contributed by atoms with van der Waals surface area (Å²) in [4.78, 5) is 2.71. The first kappa shape index (κ1) is 13.6. The van der Waals surface area contributed by atoms with Gasteiger partial charge in [0.25, 0.3) is 0 Å². The molecule has 68 valence electrons. The summed E-state index contributed by atoms with van der Waals surface area (Å²) in [6.45, 7) is 8.16. The molecule has 0 radical (unpaired) electrons. The summed E-state index contributed by atoms with van der Waals surface area (Å²) in [5.74, 6) is 0. The van der Waals surface area contributed by atoms with Crippen LogP contribution in [0.25, 0.3) is 4.85 Å². The number of hydrogen-bond acceptors (Lipinski definition) is 3. The van der Waals surface area contributed by atoms with Crippen LogP contribution in [0, 0.1) is 13.5 Å². The zero-order chi connectivity index (χ0) is 10.1. The standard InChI is InChI=1S/C8H7NO3S.Na/c1-6-3-4-7(9-2)5-8(6)13(10,11)12;/h3-5H,1H3,(H,10,11,12);/q;+1/p-1. The van der Waals surface area contributed by atoms with Crippen molar-refractivity contribution in [2.45, 2.75) is 11.8 Å². The van der Waals surface area contributed by atoms with E-state index >= 15 is 0 Å². The summed E-state index contributed by atoms with van der Waals surface area (Å²) >= 11 is 0. The van der Waals surface area contributed by atoms with Gasteiger partial charge >= 0.3 is 29.6 Å². The van der Waals surface area contributed by atoms with Crippen LogP contribution in [0.15, 0.2) is 23.1 Å². The van der Waals surface area contributed by atoms with Crippen LogP contribution >= 0.6 is 0 Å². The van der Waals surface area contributed by atoms with Crippen LogP contribution in [-0.2, 0) is 10.1 Å². The molecule has 0 saturated carbocycles. The van der Waals surface area contributed by atoms with Gasteiger partial charge in [0.1, 0.15) is 10.1 Å². The summed E-state index contributed by atoms with van der Waals surface area (Å²) in [6, 6.07) is 4.00. The maximum atomic E-state index is 10.7. The molecule has 0 aliphatic rings. The normalized spacial score (nSPS) is 10.1. The van der Waals surface area contributed by atoms with Crippen molar-refractivity contribution in [1.29, 1.82) is 0 Å². The fourth-order valence-electron chi connectivity index (χ4n) is 0.928. The third kappa shape index (κ3) is 3.08. The largest absolute Gasteiger partial charge is 1.00 e. The minimum atomic E-state index is -4.46. The Morgan fingerprint density at radius 3 is 2.43 bits per heavy atom.